The van der Waals surface area contributed by atoms with Gasteiger partial charge >= 0.3 is 5.69 Å². The summed E-state index contributed by atoms with van der Waals surface area (Å²) in [5.41, 5.74) is 0.659. The van der Waals surface area contributed by atoms with Crippen LogP contribution >= 0.6 is 23.2 Å². The van der Waals surface area contributed by atoms with Crippen molar-refractivity contribution in [2.24, 2.45) is 0 Å². The topological polar surface area (TPSA) is 112 Å². The minimum absolute atomic E-state index is 0.0820. The standard InChI is InChI=1S/C21H22Cl2N6O3/c1-2-3-9-28-18-17(25-20(23)26-18)19(30)29(21(28)31)10-5-8-15-24-16(32-27-15)12-13-6-4-7-14(22)11-13/h4,6-7,11H,2-3,5,8-10,12H2,1H3,(H,25,26). The monoisotopic (exact) mass is 476 g/mol. The quantitative estimate of drug-likeness (QED) is 0.369. The molecule has 4 rings (SSSR count). The molecule has 0 fully saturated rings. The molecule has 0 aliphatic rings. The molecule has 3 heterocycles. The Morgan fingerprint density at radius 3 is 2.69 bits per heavy atom. The summed E-state index contributed by atoms with van der Waals surface area (Å²) in [5, 5.41) is 4.73. The van der Waals surface area contributed by atoms with Crippen LogP contribution in [0, 0.1) is 0 Å². The lowest BCUT2D eigenvalue weighted by Crippen LogP contribution is -2.40. The van der Waals surface area contributed by atoms with Crippen LogP contribution in [0.2, 0.25) is 10.3 Å². The van der Waals surface area contributed by atoms with Crippen molar-refractivity contribution >= 4 is 34.4 Å². The number of nitrogens with zero attached hydrogens (tertiary/aromatic N) is 5. The van der Waals surface area contributed by atoms with E-state index >= 15 is 0 Å². The Morgan fingerprint density at radius 1 is 1.09 bits per heavy atom. The highest BCUT2D eigenvalue weighted by Crippen LogP contribution is 2.14. The van der Waals surface area contributed by atoms with E-state index in [9.17, 15) is 9.59 Å². The number of aryl methyl sites for hydroxylation is 2. The number of unbranched alkanes of at least 4 members (excludes halogenated alkanes) is 1. The zero-order chi connectivity index (χ0) is 22.7. The lowest BCUT2D eigenvalue weighted by Gasteiger charge is -2.10. The van der Waals surface area contributed by atoms with Gasteiger partial charge in [0.2, 0.25) is 11.2 Å². The molecular weight excluding hydrogens is 455 g/mol. The fourth-order valence-electron chi connectivity index (χ4n) is 3.53. The number of imidazole rings is 1. The van der Waals surface area contributed by atoms with Crippen LogP contribution in [-0.4, -0.2) is 29.2 Å². The average Bonchev–Trinajstić information content (AvgIpc) is 3.37. The smallest absolute Gasteiger partial charge is 0.332 e. The summed E-state index contributed by atoms with van der Waals surface area (Å²) in [6.45, 7) is 2.71. The molecule has 0 bridgehead atoms. The molecule has 3 aromatic heterocycles. The summed E-state index contributed by atoms with van der Waals surface area (Å²) in [6.07, 6.45) is 3.12. The van der Waals surface area contributed by atoms with Gasteiger partial charge in [0.15, 0.2) is 17.0 Å². The van der Waals surface area contributed by atoms with Crippen LogP contribution in [0.15, 0.2) is 38.4 Å². The second-order valence-electron chi connectivity index (χ2n) is 7.49. The van der Waals surface area contributed by atoms with Crippen LogP contribution in [0.5, 0.6) is 0 Å². The second kappa shape index (κ2) is 9.70. The maximum atomic E-state index is 13.0. The van der Waals surface area contributed by atoms with Gasteiger partial charge in [-0.15, -0.1) is 0 Å². The summed E-state index contributed by atoms with van der Waals surface area (Å²) in [6, 6.07) is 7.45. The molecule has 168 valence electrons. The van der Waals surface area contributed by atoms with Gasteiger partial charge in [-0.2, -0.15) is 9.97 Å². The molecular formula is C21H22Cl2N6O3. The first-order chi connectivity index (χ1) is 15.5. The van der Waals surface area contributed by atoms with Crippen LogP contribution in [0.1, 0.15) is 43.5 Å². The van der Waals surface area contributed by atoms with E-state index in [1.807, 2.05) is 25.1 Å². The van der Waals surface area contributed by atoms with Gasteiger partial charge in [0.25, 0.3) is 5.56 Å². The molecule has 9 nitrogen and oxygen atoms in total. The summed E-state index contributed by atoms with van der Waals surface area (Å²) < 4.78 is 8.02. The van der Waals surface area contributed by atoms with Gasteiger partial charge in [0.1, 0.15) is 0 Å². The highest BCUT2D eigenvalue weighted by atomic mass is 35.5. The van der Waals surface area contributed by atoms with Crippen LogP contribution in [0.25, 0.3) is 11.2 Å². The number of rotatable bonds is 9. The van der Waals surface area contributed by atoms with Crippen molar-refractivity contribution in [1.82, 2.24) is 29.2 Å². The molecule has 0 aliphatic heterocycles. The maximum Gasteiger partial charge on any atom is 0.332 e. The molecule has 0 unspecified atom stereocenters. The fourth-order valence-corrected chi connectivity index (χ4v) is 3.92. The first-order valence-electron chi connectivity index (χ1n) is 10.4. The molecule has 1 N–H and O–H groups in total. The first kappa shape index (κ1) is 22.3. The van der Waals surface area contributed by atoms with Gasteiger partial charge in [0.05, 0.1) is 6.42 Å². The van der Waals surface area contributed by atoms with Gasteiger partial charge < -0.3 is 9.51 Å². The number of H-pyrrole nitrogens is 1. The number of halogens is 2. The number of aromatic nitrogens is 6. The molecule has 0 atom stereocenters. The van der Waals surface area contributed by atoms with E-state index < -0.39 is 11.2 Å². The van der Waals surface area contributed by atoms with E-state index in [0.29, 0.717) is 48.2 Å². The lowest BCUT2D eigenvalue weighted by molar-refractivity contribution is 0.378. The average molecular weight is 477 g/mol. The molecule has 1 aromatic carbocycles. The van der Waals surface area contributed by atoms with E-state index in [1.54, 1.807) is 6.07 Å². The van der Waals surface area contributed by atoms with Gasteiger partial charge in [-0.1, -0.05) is 42.2 Å². The van der Waals surface area contributed by atoms with Gasteiger partial charge in [-0.25, -0.2) is 4.79 Å². The molecule has 0 saturated heterocycles. The minimum Gasteiger partial charge on any atom is -0.339 e. The summed E-state index contributed by atoms with van der Waals surface area (Å²) in [7, 11) is 0. The third kappa shape index (κ3) is 4.78. The Hall–Kier alpha value is -2.91. The molecule has 0 saturated carbocycles. The highest BCUT2D eigenvalue weighted by molar-refractivity contribution is 6.30. The third-order valence-electron chi connectivity index (χ3n) is 5.10. The van der Waals surface area contributed by atoms with Crippen molar-refractivity contribution < 1.29 is 4.52 Å². The van der Waals surface area contributed by atoms with Crippen LogP contribution in [-0.2, 0) is 25.9 Å². The molecule has 0 radical (unpaired) electrons. The SMILES string of the molecule is CCCCn1c(=O)n(CCCc2noc(Cc3cccc(Cl)c3)n2)c(=O)c2[nH]c(Cl)nc21. The van der Waals surface area contributed by atoms with Crippen LogP contribution in [0.3, 0.4) is 0 Å². The minimum atomic E-state index is -0.438. The zero-order valence-corrected chi connectivity index (χ0v) is 19.0. The zero-order valence-electron chi connectivity index (χ0n) is 17.5. The molecule has 0 spiro atoms. The van der Waals surface area contributed by atoms with Gasteiger partial charge in [-0.05, 0) is 42.1 Å². The van der Waals surface area contributed by atoms with Crippen LogP contribution < -0.4 is 11.2 Å². The lowest BCUT2D eigenvalue weighted by atomic mass is 10.1. The predicted octanol–water partition coefficient (Wildman–Crippen LogP) is 3.60. The van der Waals surface area contributed by atoms with Gasteiger partial charge in [0, 0.05) is 24.5 Å². The fraction of sp³-hybridized carbons (Fsp3) is 0.381. The number of benzene rings is 1. The Bertz CT molecular complexity index is 1350. The Kier molecular flexibility index (Phi) is 6.76. The highest BCUT2D eigenvalue weighted by Gasteiger charge is 2.17. The molecule has 0 amide bonds. The molecule has 11 heteroatoms. The van der Waals surface area contributed by atoms with Gasteiger partial charge in [-0.3, -0.25) is 13.9 Å². The number of hydrogen-bond acceptors (Lipinski definition) is 6. The van der Waals surface area contributed by atoms with E-state index in [-0.39, 0.29) is 17.3 Å². The normalized spacial score (nSPS) is 11.5. The predicted molar refractivity (Wildman–Crippen MR) is 121 cm³/mol. The Morgan fingerprint density at radius 2 is 1.91 bits per heavy atom. The van der Waals surface area contributed by atoms with Crippen molar-refractivity contribution in [3.05, 3.63) is 72.7 Å². The number of hydrogen-bond donors (Lipinski definition) is 1. The number of nitrogens with one attached hydrogen (secondary N) is 1. The van der Waals surface area contributed by atoms with E-state index in [4.69, 9.17) is 27.7 Å². The van der Waals surface area contributed by atoms with Crippen molar-refractivity contribution in [3.63, 3.8) is 0 Å². The number of fused-ring (bicyclic) bond motifs is 1. The first-order valence-corrected chi connectivity index (χ1v) is 11.2. The van der Waals surface area contributed by atoms with Crippen molar-refractivity contribution in [1.29, 1.82) is 0 Å². The maximum absolute atomic E-state index is 13.0. The van der Waals surface area contributed by atoms with E-state index in [2.05, 4.69) is 20.1 Å². The Balaban J connectivity index is 1.48. The van der Waals surface area contributed by atoms with Crippen molar-refractivity contribution in [2.75, 3.05) is 0 Å². The molecule has 4 aromatic rings. The summed E-state index contributed by atoms with van der Waals surface area (Å²) in [4.78, 5) is 37.1. The molecule has 0 aliphatic carbocycles. The van der Waals surface area contributed by atoms with Crippen molar-refractivity contribution in [2.45, 2.75) is 52.1 Å². The molecule has 32 heavy (non-hydrogen) atoms. The third-order valence-corrected chi connectivity index (χ3v) is 5.52. The van der Waals surface area contributed by atoms with Crippen molar-refractivity contribution in [3.8, 4) is 0 Å². The van der Waals surface area contributed by atoms with Crippen LogP contribution in [0.4, 0.5) is 0 Å². The summed E-state index contributed by atoms with van der Waals surface area (Å²) >= 11 is 12.0. The summed E-state index contributed by atoms with van der Waals surface area (Å²) in [5.74, 6) is 1.00. The van der Waals surface area contributed by atoms with E-state index in [1.165, 1.54) is 9.13 Å². The Labute approximate surface area is 193 Å². The number of aromatic amines is 1. The van der Waals surface area contributed by atoms with E-state index in [0.717, 1.165) is 18.4 Å². The second-order valence-corrected chi connectivity index (χ2v) is 8.28. The largest absolute Gasteiger partial charge is 0.339 e.